The van der Waals surface area contributed by atoms with Crippen molar-refractivity contribution in [2.75, 3.05) is 10.6 Å². The van der Waals surface area contributed by atoms with Crippen molar-refractivity contribution in [3.8, 4) is 11.1 Å². The van der Waals surface area contributed by atoms with Gasteiger partial charge in [0.15, 0.2) is 0 Å². The van der Waals surface area contributed by atoms with Crippen LogP contribution in [0.25, 0.3) is 22.0 Å². The van der Waals surface area contributed by atoms with Crippen LogP contribution in [0.5, 0.6) is 0 Å². The first-order valence-electron chi connectivity index (χ1n) is 14.7. The summed E-state index contributed by atoms with van der Waals surface area (Å²) in [6.07, 6.45) is -1.37. The van der Waals surface area contributed by atoms with Gasteiger partial charge in [-0.05, 0) is 77.4 Å². The molecule has 238 valence electrons. The van der Waals surface area contributed by atoms with Gasteiger partial charge in [-0.2, -0.15) is 13.2 Å². The molecule has 0 radical (unpaired) electrons. The van der Waals surface area contributed by atoms with Gasteiger partial charge < -0.3 is 16.0 Å². The number of amides is 3. The lowest BCUT2D eigenvalue weighted by Crippen LogP contribution is -2.37. The maximum absolute atomic E-state index is 13.4. The second-order valence-corrected chi connectivity index (χ2v) is 10.7. The van der Waals surface area contributed by atoms with E-state index in [1.165, 1.54) is 12.1 Å². The Hall–Kier alpha value is -6.36. The molecule has 2 aromatic heterocycles. The average molecular weight is 646 g/mol. The topological polar surface area (TPSA) is 113 Å². The SMILES string of the molecule is O=C(N[C@H](C(=O)Nc1ccncc1)c1ccccc1)c1ccc2nc(NC(=O)c3ccccc3-c3ccc(C(F)(F)F)cc3)ccc2c1. The molecule has 0 aliphatic heterocycles. The smallest absolute Gasteiger partial charge is 0.336 e. The lowest BCUT2D eigenvalue weighted by atomic mass is 9.98. The van der Waals surface area contributed by atoms with Gasteiger partial charge >= 0.3 is 6.18 Å². The first-order valence-corrected chi connectivity index (χ1v) is 14.7. The molecule has 1 atom stereocenters. The number of alkyl halides is 3. The molecule has 0 aliphatic rings. The van der Waals surface area contributed by atoms with Gasteiger partial charge in [0.2, 0.25) is 0 Å². The molecule has 11 heteroatoms. The van der Waals surface area contributed by atoms with Gasteiger partial charge in [0.25, 0.3) is 17.7 Å². The molecule has 0 aliphatic carbocycles. The van der Waals surface area contributed by atoms with Crippen LogP contribution >= 0.6 is 0 Å². The number of pyridine rings is 2. The maximum Gasteiger partial charge on any atom is 0.416 e. The first kappa shape index (κ1) is 31.6. The minimum Gasteiger partial charge on any atom is -0.336 e. The summed E-state index contributed by atoms with van der Waals surface area (Å²) in [7, 11) is 0. The predicted molar refractivity (Wildman–Crippen MR) is 176 cm³/mol. The van der Waals surface area contributed by atoms with Crippen molar-refractivity contribution in [2.24, 2.45) is 0 Å². The largest absolute Gasteiger partial charge is 0.416 e. The Balaban J connectivity index is 1.19. The summed E-state index contributed by atoms with van der Waals surface area (Å²) < 4.78 is 39.1. The molecule has 0 unspecified atom stereocenters. The van der Waals surface area contributed by atoms with Crippen molar-refractivity contribution in [3.63, 3.8) is 0 Å². The highest BCUT2D eigenvalue weighted by Gasteiger charge is 2.30. The summed E-state index contributed by atoms with van der Waals surface area (Å²) in [5, 5.41) is 8.99. The number of hydrogen-bond acceptors (Lipinski definition) is 5. The zero-order valence-corrected chi connectivity index (χ0v) is 25.0. The molecule has 0 saturated carbocycles. The number of anilines is 2. The van der Waals surface area contributed by atoms with Crippen LogP contribution in [0.15, 0.2) is 134 Å². The monoisotopic (exact) mass is 645 g/mol. The molecule has 0 saturated heterocycles. The second-order valence-electron chi connectivity index (χ2n) is 10.7. The van der Waals surface area contributed by atoms with Crippen LogP contribution in [0.4, 0.5) is 24.7 Å². The number of nitrogens with zero attached hydrogens (tertiary/aromatic N) is 2. The highest BCUT2D eigenvalue weighted by atomic mass is 19.4. The average Bonchev–Trinajstić information content (AvgIpc) is 3.10. The molecule has 0 bridgehead atoms. The van der Waals surface area contributed by atoms with Gasteiger partial charge in [0.1, 0.15) is 11.9 Å². The van der Waals surface area contributed by atoms with Gasteiger partial charge in [-0.3, -0.25) is 19.4 Å². The number of benzene rings is 4. The standard InChI is InChI=1S/C37H26F3N5O3/c38-37(39,40)27-14-10-23(11-15-27)29-8-4-5-9-30(29)35(47)44-32-17-13-25-22-26(12-16-31(25)43-32)34(46)45-33(24-6-2-1-3-7-24)36(48)42-28-18-20-41-21-19-28/h1-22,33H,(H,45,46)(H,41,42,48)(H,43,44,47)/t33-/m0/s1. The number of halogens is 3. The Labute approximate surface area is 272 Å². The van der Waals surface area contributed by atoms with E-state index in [0.29, 0.717) is 38.8 Å². The maximum atomic E-state index is 13.4. The van der Waals surface area contributed by atoms with E-state index in [2.05, 4.69) is 25.9 Å². The van der Waals surface area contributed by atoms with Crippen LogP contribution in [0.3, 0.4) is 0 Å². The highest BCUT2D eigenvalue weighted by molar-refractivity contribution is 6.09. The molecule has 8 nitrogen and oxygen atoms in total. The van der Waals surface area contributed by atoms with E-state index >= 15 is 0 Å². The summed E-state index contributed by atoms with van der Waals surface area (Å²) in [6.45, 7) is 0. The Kier molecular flexibility index (Phi) is 8.93. The van der Waals surface area contributed by atoms with Crippen LogP contribution in [0, 0.1) is 0 Å². The molecule has 48 heavy (non-hydrogen) atoms. The lowest BCUT2D eigenvalue weighted by molar-refractivity contribution is -0.137. The summed E-state index contributed by atoms with van der Waals surface area (Å²) in [4.78, 5) is 48.4. The fourth-order valence-corrected chi connectivity index (χ4v) is 5.10. The molecule has 0 fully saturated rings. The third-order valence-electron chi connectivity index (χ3n) is 7.51. The number of hydrogen-bond donors (Lipinski definition) is 3. The quantitative estimate of drug-likeness (QED) is 0.157. The van der Waals surface area contributed by atoms with Gasteiger partial charge in [-0.1, -0.05) is 60.7 Å². The Bertz CT molecular complexity index is 2110. The Morgan fingerprint density at radius 2 is 1.40 bits per heavy atom. The second kappa shape index (κ2) is 13.6. The molecule has 2 heterocycles. The van der Waals surface area contributed by atoms with E-state index in [1.807, 2.05) is 6.07 Å². The van der Waals surface area contributed by atoms with Crippen LogP contribution in [0.2, 0.25) is 0 Å². The normalized spacial score (nSPS) is 11.8. The zero-order valence-electron chi connectivity index (χ0n) is 25.0. The summed E-state index contributed by atoms with van der Waals surface area (Å²) in [5.41, 5.74) is 2.32. The van der Waals surface area contributed by atoms with Crippen molar-refractivity contribution >= 4 is 40.1 Å². The minimum atomic E-state index is -4.47. The molecular weight excluding hydrogens is 619 g/mol. The fraction of sp³-hybridized carbons (Fsp3) is 0.0541. The van der Waals surface area contributed by atoms with Crippen molar-refractivity contribution < 1.29 is 27.6 Å². The molecular formula is C37H26F3N5O3. The summed E-state index contributed by atoms with van der Waals surface area (Å²) in [5.74, 6) is -1.16. The number of aromatic nitrogens is 2. The van der Waals surface area contributed by atoms with Crippen LogP contribution in [-0.4, -0.2) is 27.7 Å². The van der Waals surface area contributed by atoms with Crippen molar-refractivity contribution in [1.82, 2.24) is 15.3 Å². The van der Waals surface area contributed by atoms with Gasteiger partial charge in [-0.15, -0.1) is 0 Å². The molecule has 0 spiro atoms. The van der Waals surface area contributed by atoms with E-state index in [4.69, 9.17) is 0 Å². The number of nitrogens with one attached hydrogen (secondary N) is 3. The van der Waals surface area contributed by atoms with Gasteiger partial charge in [0.05, 0.1) is 11.1 Å². The van der Waals surface area contributed by atoms with Crippen LogP contribution in [-0.2, 0) is 11.0 Å². The van der Waals surface area contributed by atoms with Crippen molar-refractivity contribution in [1.29, 1.82) is 0 Å². The Morgan fingerprint density at radius 1 is 0.688 bits per heavy atom. The predicted octanol–water partition coefficient (Wildman–Crippen LogP) is 7.68. The van der Waals surface area contributed by atoms with E-state index in [1.54, 1.807) is 103 Å². The highest BCUT2D eigenvalue weighted by Crippen LogP contribution is 2.32. The third-order valence-corrected chi connectivity index (χ3v) is 7.51. The summed E-state index contributed by atoms with van der Waals surface area (Å²) in [6, 6.07) is 30.5. The fourth-order valence-electron chi connectivity index (χ4n) is 5.10. The molecule has 4 aromatic carbocycles. The molecule has 6 aromatic rings. The summed E-state index contributed by atoms with van der Waals surface area (Å²) >= 11 is 0. The molecule has 3 amide bonds. The van der Waals surface area contributed by atoms with Gasteiger partial charge in [-0.25, -0.2) is 4.98 Å². The number of rotatable bonds is 8. The van der Waals surface area contributed by atoms with E-state index in [0.717, 1.165) is 12.1 Å². The Morgan fingerprint density at radius 3 is 2.12 bits per heavy atom. The van der Waals surface area contributed by atoms with Crippen molar-refractivity contribution in [2.45, 2.75) is 12.2 Å². The molecule has 3 N–H and O–H groups in total. The number of carbonyl (C=O) groups excluding carboxylic acids is 3. The van der Waals surface area contributed by atoms with Crippen LogP contribution in [0.1, 0.15) is 37.9 Å². The lowest BCUT2D eigenvalue weighted by Gasteiger charge is -2.19. The molecule has 6 rings (SSSR count). The zero-order chi connectivity index (χ0) is 33.7. The van der Waals surface area contributed by atoms with E-state index < -0.39 is 35.5 Å². The minimum absolute atomic E-state index is 0.240. The van der Waals surface area contributed by atoms with Crippen molar-refractivity contribution in [3.05, 3.63) is 156 Å². The van der Waals surface area contributed by atoms with Crippen LogP contribution < -0.4 is 16.0 Å². The van der Waals surface area contributed by atoms with Gasteiger partial charge in [0, 0.05) is 34.6 Å². The van der Waals surface area contributed by atoms with E-state index in [-0.39, 0.29) is 11.4 Å². The van der Waals surface area contributed by atoms with E-state index in [9.17, 15) is 27.6 Å². The number of carbonyl (C=O) groups is 3. The first-order chi connectivity index (χ1) is 23.2. The number of fused-ring (bicyclic) bond motifs is 1. The third kappa shape index (κ3) is 7.20.